The van der Waals surface area contributed by atoms with Crippen LogP contribution in [-0.4, -0.2) is 55.7 Å². The van der Waals surface area contributed by atoms with Crippen LogP contribution < -0.4 is 4.90 Å². The summed E-state index contributed by atoms with van der Waals surface area (Å²) >= 11 is 1.41. The lowest BCUT2D eigenvalue weighted by Crippen LogP contribution is -2.44. The Labute approximate surface area is 105 Å². The molecule has 0 atom stereocenters. The molecule has 0 amide bonds. The Morgan fingerprint density at radius 3 is 2.82 bits per heavy atom. The molecule has 0 N–H and O–H groups in total. The molecular formula is C11H17N3O2S. The third kappa shape index (κ3) is 2.95. The zero-order chi connectivity index (χ0) is 12.3. The molecule has 1 aromatic heterocycles. The van der Waals surface area contributed by atoms with Gasteiger partial charge in [0.2, 0.25) is 0 Å². The minimum atomic E-state index is -0.273. The second-order valence-electron chi connectivity index (χ2n) is 4.02. The van der Waals surface area contributed by atoms with E-state index in [0.29, 0.717) is 11.5 Å². The maximum absolute atomic E-state index is 11.5. The first kappa shape index (κ1) is 12.3. The first-order valence-corrected chi connectivity index (χ1v) is 6.58. The standard InChI is InChI=1S/C11H17N3O2S/c1-3-16-10(15)9-8-12-11(17-9)14-6-4-13(2)5-7-14/h8H,3-7H2,1-2H3. The molecule has 0 bridgehead atoms. The van der Waals surface area contributed by atoms with E-state index >= 15 is 0 Å². The van der Waals surface area contributed by atoms with Gasteiger partial charge in [-0.1, -0.05) is 11.3 Å². The SMILES string of the molecule is CCOC(=O)c1cnc(N2CCN(C)CC2)s1. The number of piperazine rings is 1. The number of likely N-dealkylation sites (N-methyl/N-ethyl adjacent to an activating group) is 1. The Morgan fingerprint density at radius 1 is 1.47 bits per heavy atom. The van der Waals surface area contributed by atoms with Crippen molar-refractivity contribution >= 4 is 22.4 Å². The Morgan fingerprint density at radius 2 is 2.18 bits per heavy atom. The number of carbonyl (C=O) groups excluding carboxylic acids is 1. The molecular weight excluding hydrogens is 238 g/mol. The zero-order valence-electron chi connectivity index (χ0n) is 10.2. The van der Waals surface area contributed by atoms with Crippen LogP contribution in [0, 0.1) is 0 Å². The highest BCUT2D eigenvalue weighted by atomic mass is 32.1. The zero-order valence-corrected chi connectivity index (χ0v) is 11.0. The molecule has 2 heterocycles. The van der Waals surface area contributed by atoms with Gasteiger partial charge in [-0.3, -0.25) is 0 Å². The van der Waals surface area contributed by atoms with E-state index in [9.17, 15) is 4.79 Å². The third-order valence-electron chi connectivity index (χ3n) is 2.74. The Balaban J connectivity index is 2.00. The lowest BCUT2D eigenvalue weighted by Gasteiger charge is -2.31. The van der Waals surface area contributed by atoms with Crippen molar-refractivity contribution in [3.05, 3.63) is 11.1 Å². The molecule has 5 nitrogen and oxygen atoms in total. The number of esters is 1. The maximum atomic E-state index is 11.5. The molecule has 0 radical (unpaired) electrons. The first-order valence-electron chi connectivity index (χ1n) is 5.77. The molecule has 6 heteroatoms. The van der Waals surface area contributed by atoms with Gasteiger partial charge in [0.05, 0.1) is 12.8 Å². The summed E-state index contributed by atoms with van der Waals surface area (Å²) in [4.78, 5) is 20.9. The molecule has 1 fully saturated rings. The van der Waals surface area contributed by atoms with Crippen LogP contribution in [0.15, 0.2) is 6.20 Å². The largest absolute Gasteiger partial charge is 0.462 e. The quantitative estimate of drug-likeness (QED) is 0.756. The molecule has 1 aliphatic rings. The van der Waals surface area contributed by atoms with Crippen molar-refractivity contribution in [1.82, 2.24) is 9.88 Å². The van der Waals surface area contributed by atoms with Crippen molar-refractivity contribution in [2.45, 2.75) is 6.92 Å². The van der Waals surface area contributed by atoms with E-state index in [1.807, 2.05) is 0 Å². The number of thiazole rings is 1. The van der Waals surface area contributed by atoms with E-state index in [-0.39, 0.29) is 5.97 Å². The first-order chi connectivity index (χ1) is 8.20. The van der Waals surface area contributed by atoms with Crippen molar-refractivity contribution in [2.75, 3.05) is 44.7 Å². The van der Waals surface area contributed by atoms with E-state index in [1.54, 1.807) is 13.1 Å². The average Bonchev–Trinajstić information content (AvgIpc) is 2.80. The molecule has 0 aromatic carbocycles. The van der Waals surface area contributed by atoms with Gasteiger partial charge in [-0.15, -0.1) is 0 Å². The van der Waals surface area contributed by atoms with Crippen LogP contribution in [0.25, 0.3) is 0 Å². The summed E-state index contributed by atoms with van der Waals surface area (Å²) < 4.78 is 4.95. The lowest BCUT2D eigenvalue weighted by molar-refractivity contribution is 0.0532. The minimum absolute atomic E-state index is 0.273. The van der Waals surface area contributed by atoms with E-state index in [0.717, 1.165) is 31.3 Å². The second-order valence-corrected chi connectivity index (χ2v) is 5.03. The monoisotopic (exact) mass is 255 g/mol. The van der Waals surface area contributed by atoms with Gasteiger partial charge in [-0.2, -0.15) is 0 Å². The second kappa shape index (κ2) is 5.46. The smallest absolute Gasteiger partial charge is 0.350 e. The van der Waals surface area contributed by atoms with Gasteiger partial charge in [0, 0.05) is 26.2 Å². The Bertz CT molecular complexity index is 386. The van der Waals surface area contributed by atoms with Gasteiger partial charge in [-0.05, 0) is 14.0 Å². The van der Waals surface area contributed by atoms with Crippen LogP contribution in [0.2, 0.25) is 0 Å². The topological polar surface area (TPSA) is 45.7 Å². The van der Waals surface area contributed by atoms with Gasteiger partial charge in [-0.25, -0.2) is 9.78 Å². The minimum Gasteiger partial charge on any atom is -0.462 e. The van der Waals surface area contributed by atoms with Gasteiger partial charge in [0.25, 0.3) is 0 Å². The summed E-state index contributed by atoms with van der Waals surface area (Å²) in [7, 11) is 2.11. The molecule has 94 valence electrons. The number of carbonyl (C=O) groups is 1. The number of rotatable bonds is 3. The van der Waals surface area contributed by atoms with Crippen LogP contribution in [-0.2, 0) is 4.74 Å². The molecule has 0 saturated carbocycles. The number of aromatic nitrogens is 1. The van der Waals surface area contributed by atoms with E-state index in [4.69, 9.17) is 4.74 Å². The lowest BCUT2D eigenvalue weighted by atomic mass is 10.3. The van der Waals surface area contributed by atoms with Crippen LogP contribution in [0.4, 0.5) is 5.13 Å². The number of nitrogens with zero attached hydrogens (tertiary/aromatic N) is 3. The number of hydrogen-bond donors (Lipinski definition) is 0. The predicted octanol–water partition coefficient (Wildman–Crippen LogP) is 1.07. The summed E-state index contributed by atoms with van der Waals surface area (Å²) in [5.74, 6) is -0.273. The third-order valence-corrected chi connectivity index (χ3v) is 3.78. The fourth-order valence-electron chi connectivity index (χ4n) is 1.71. The molecule has 0 spiro atoms. The van der Waals surface area contributed by atoms with Crippen LogP contribution >= 0.6 is 11.3 Å². The Kier molecular flexibility index (Phi) is 3.96. The molecule has 0 unspecified atom stereocenters. The highest BCUT2D eigenvalue weighted by molar-refractivity contribution is 7.17. The fourth-order valence-corrected chi connectivity index (χ4v) is 2.57. The molecule has 0 aliphatic carbocycles. The predicted molar refractivity (Wildman–Crippen MR) is 67.8 cm³/mol. The normalized spacial score (nSPS) is 17.2. The molecule has 1 saturated heterocycles. The van der Waals surface area contributed by atoms with E-state index < -0.39 is 0 Å². The van der Waals surface area contributed by atoms with E-state index in [2.05, 4.69) is 21.8 Å². The van der Waals surface area contributed by atoms with Crippen LogP contribution in [0.3, 0.4) is 0 Å². The molecule has 2 rings (SSSR count). The number of hydrogen-bond acceptors (Lipinski definition) is 6. The van der Waals surface area contributed by atoms with Crippen molar-refractivity contribution in [2.24, 2.45) is 0 Å². The number of ether oxygens (including phenoxy) is 1. The highest BCUT2D eigenvalue weighted by Crippen LogP contribution is 2.23. The van der Waals surface area contributed by atoms with Gasteiger partial charge < -0.3 is 14.5 Å². The maximum Gasteiger partial charge on any atom is 0.350 e. The summed E-state index contributed by atoms with van der Waals surface area (Å²) in [5.41, 5.74) is 0. The highest BCUT2D eigenvalue weighted by Gasteiger charge is 2.19. The summed E-state index contributed by atoms with van der Waals surface area (Å²) in [5, 5.41) is 0.918. The fraction of sp³-hybridized carbons (Fsp3) is 0.636. The molecule has 1 aliphatic heterocycles. The van der Waals surface area contributed by atoms with Crippen molar-refractivity contribution in [3.63, 3.8) is 0 Å². The van der Waals surface area contributed by atoms with Crippen molar-refractivity contribution < 1.29 is 9.53 Å². The van der Waals surface area contributed by atoms with Crippen molar-refractivity contribution in [3.8, 4) is 0 Å². The van der Waals surface area contributed by atoms with Gasteiger partial charge in [0.15, 0.2) is 5.13 Å². The summed E-state index contributed by atoms with van der Waals surface area (Å²) in [6, 6.07) is 0. The van der Waals surface area contributed by atoms with Gasteiger partial charge >= 0.3 is 5.97 Å². The average molecular weight is 255 g/mol. The van der Waals surface area contributed by atoms with Crippen LogP contribution in [0.1, 0.15) is 16.6 Å². The Hall–Kier alpha value is -1.14. The van der Waals surface area contributed by atoms with Crippen LogP contribution in [0.5, 0.6) is 0 Å². The summed E-state index contributed by atoms with van der Waals surface area (Å²) in [6.45, 7) is 6.21. The van der Waals surface area contributed by atoms with Gasteiger partial charge in [0.1, 0.15) is 4.88 Å². The number of anilines is 1. The molecule has 17 heavy (non-hydrogen) atoms. The summed E-state index contributed by atoms with van der Waals surface area (Å²) in [6.07, 6.45) is 1.61. The van der Waals surface area contributed by atoms with E-state index in [1.165, 1.54) is 11.3 Å². The molecule has 1 aromatic rings. The van der Waals surface area contributed by atoms with Crippen molar-refractivity contribution in [1.29, 1.82) is 0 Å².